The smallest absolute Gasteiger partial charge is 0.414 e. The Morgan fingerprint density at radius 3 is 2.53 bits per heavy atom. The van der Waals surface area contributed by atoms with Gasteiger partial charge in [0, 0.05) is 23.4 Å². The first-order valence-electron chi connectivity index (χ1n) is 9.16. The molecule has 0 saturated carbocycles. The van der Waals surface area contributed by atoms with E-state index in [0.717, 1.165) is 32.4 Å². The SMILES string of the molecule is COC(=O)c1cc(NC(=O)[C@@H]2O[C@@H](C(F)(F)F)C[C@H]2c2ccc(F)c(F)c2OC)ccn1. The number of benzene rings is 1. The van der Waals surface area contributed by atoms with Gasteiger partial charge in [-0.1, -0.05) is 6.07 Å². The van der Waals surface area contributed by atoms with E-state index >= 15 is 0 Å². The fourth-order valence-electron chi connectivity index (χ4n) is 3.41. The average Bonchev–Trinajstić information content (AvgIpc) is 3.21. The fourth-order valence-corrected chi connectivity index (χ4v) is 3.41. The highest BCUT2D eigenvalue weighted by Crippen LogP contribution is 2.45. The van der Waals surface area contributed by atoms with E-state index in [1.807, 2.05) is 0 Å². The topological polar surface area (TPSA) is 86.8 Å². The van der Waals surface area contributed by atoms with Crippen LogP contribution in [0.15, 0.2) is 30.5 Å². The van der Waals surface area contributed by atoms with Crippen molar-refractivity contribution in [1.29, 1.82) is 0 Å². The predicted molar refractivity (Wildman–Crippen MR) is 99.2 cm³/mol. The van der Waals surface area contributed by atoms with Crippen LogP contribution in [0.2, 0.25) is 0 Å². The summed E-state index contributed by atoms with van der Waals surface area (Å²) >= 11 is 0. The number of alkyl halides is 3. The summed E-state index contributed by atoms with van der Waals surface area (Å²) in [6, 6.07) is 4.24. The fraction of sp³-hybridized carbons (Fsp3) is 0.350. The molecular formula is C20H17F5N2O5. The predicted octanol–water partition coefficient (Wildman–Crippen LogP) is 3.60. The Bertz CT molecular complexity index is 1030. The van der Waals surface area contributed by atoms with Gasteiger partial charge in [0.15, 0.2) is 17.7 Å². The van der Waals surface area contributed by atoms with Gasteiger partial charge in [0.2, 0.25) is 5.82 Å². The number of pyridine rings is 1. The zero-order valence-electron chi connectivity index (χ0n) is 16.7. The second-order valence-corrected chi connectivity index (χ2v) is 6.82. The van der Waals surface area contributed by atoms with Gasteiger partial charge in [0.25, 0.3) is 5.91 Å². The molecule has 1 aliphatic heterocycles. The van der Waals surface area contributed by atoms with Crippen molar-refractivity contribution in [3.63, 3.8) is 0 Å². The average molecular weight is 460 g/mol. The quantitative estimate of drug-likeness (QED) is 0.542. The van der Waals surface area contributed by atoms with Crippen LogP contribution in [0.3, 0.4) is 0 Å². The Balaban J connectivity index is 1.94. The van der Waals surface area contributed by atoms with Gasteiger partial charge >= 0.3 is 12.1 Å². The van der Waals surface area contributed by atoms with Crippen molar-refractivity contribution >= 4 is 17.6 Å². The number of carbonyl (C=O) groups excluding carboxylic acids is 2. The minimum Gasteiger partial charge on any atom is -0.493 e. The minimum atomic E-state index is -4.80. The molecule has 0 radical (unpaired) electrons. The second kappa shape index (κ2) is 9.07. The van der Waals surface area contributed by atoms with Crippen LogP contribution in [0.4, 0.5) is 27.6 Å². The van der Waals surface area contributed by atoms with Crippen LogP contribution >= 0.6 is 0 Å². The molecular weight excluding hydrogens is 443 g/mol. The Hall–Kier alpha value is -3.28. The highest BCUT2D eigenvalue weighted by Gasteiger charge is 2.52. The van der Waals surface area contributed by atoms with Crippen LogP contribution < -0.4 is 10.1 Å². The molecule has 0 spiro atoms. The van der Waals surface area contributed by atoms with E-state index in [0.29, 0.717) is 0 Å². The lowest BCUT2D eigenvalue weighted by molar-refractivity contribution is -0.213. The van der Waals surface area contributed by atoms with E-state index < -0.39 is 60.0 Å². The van der Waals surface area contributed by atoms with Crippen molar-refractivity contribution in [2.24, 2.45) is 0 Å². The van der Waals surface area contributed by atoms with Crippen molar-refractivity contribution in [2.75, 3.05) is 19.5 Å². The summed E-state index contributed by atoms with van der Waals surface area (Å²) in [6.07, 6.45) is -8.36. The molecule has 172 valence electrons. The van der Waals surface area contributed by atoms with Gasteiger partial charge in [-0.3, -0.25) is 4.79 Å². The van der Waals surface area contributed by atoms with Crippen LogP contribution in [0.25, 0.3) is 0 Å². The monoisotopic (exact) mass is 460 g/mol. The number of aromatic nitrogens is 1. The third-order valence-corrected chi connectivity index (χ3v) is 4.87. The summed E-state index contributed by atoms with van der Waals surface area (Å²) in [5, 5.41) is 2.35. The van der Waals surface area contributed by atoms with Crippen molar-refractivity contribution < 1.29 is 45.8 Å². The van der Waals surface area contributed by atoms with Crippen LogP contribution in [-0.4, -0.2) is 49.5 Å². The van der Waals surface area contributed by atoms with Crippen molar-refractivity contribution in [3.8, 4) is 5.75 Å². The highest BCUT2D eigenvalue weighted by molar-refractivity contribution is 5.96. The number of hydrogen-bond acceptors (Lipinski definition) is 6. The maximum absolute atomic E-state index is 14.2. The number of anilines is 1. The van der Waals surface area contributed by atoms with Crippen molar-refractivity contribution in [1.82, 2.24) is 4.98 Å². The molecule has 0 aliphatic carbocycles. The van der Waals surface area contributed by atoms with E-state index in [-0.39, 0.29) is 16.9 Å². The summed E-state index contributed by atoms with van der Waals surface area (Å²) in [6.45, 7) is 0. The number of nitrogens with one attached hydrogen (secondary N) is 1. The summed E-state index contributed by atoms with van der Waals surface area (Å²) in [5.41, 5.74) is -0.256. The number of rotatable bonds is 5. The van der Waals surface area contributed by atoms with Crippen molar-refractivity contribution in [3.05, 3.63) is 53.4 Å². The van der Waals surface area contributed by atoms with Crippen molar-refractivity contribution in [2.45, 2.75) is 30.7 Å². The van der Waals surface area contributed by atoms with Crippen LogP contribution in [0.1, 0.15) is 28.4 Å². The van der Waals surface area contributed by atoms with Gasteiger partial charge in [-0.2, -0.15) is 17.6 Å². The largest absolute Gasteiger partial charge is 0.493 e. The van der Waals surface area contributed by atoms with Gasteiger partial charge < -0.3 is 19.5 Å². The third kappa shape index (κ3) is 4.64. The minimum absolute atomic E-state index is 0.0421. The van der Waals surface area contributed by atoms with Gasteiger partial charge in [-0.05, 0) is 24.6 Å². The molecule has 2 aromatic rings. The molecule has 1 aliphatic rings. The standard InChI is InChI=1S/C20H17F5N2O5/c1-30-16-10(3-4-12(21)15(16)22)11-8-14(20(23,24)25)32-17(11)18(28)27-9-5-6-26-13(7-9)19(29)31-2/h3-7,11,14,17H,8H2,1-2H3,(H,26,27,28)/t11-,14+,17+/m0/s1. The lowest BCUT2D eigenvalue weighted by Crippen LogP contribution is -2.34. The number of esters is 1. The molecule has 1 amide bonds. The maximum atomic E-state index is 14.2. The second-order valence-electron chi connectivity index (χ2n) is 6.82. The summed E-state index contributed by atoms with van der Waals surface area (Å²) in [4.78, 5) is 28.2. The Kier molecular flexibility index (Phi) is 6.63. The molecule has 0 unspecified atom stereocenters. The molecule has 3 atom stereocenters. The molecule has 12 heteroatoms. The van der Waals surface area contributed by atoms with Gasteiger partial charge in [0.05, 0.1) is 14.2 Å². The molecule has 1 aromatic carbocycles. The molecule has 1 aromatic heterocycles. The van der Waals surface area contributed by atoms with Crippen LogP contribution in [0.5, 0.6) is 5.75 Å². The first-order valence-corrected chi connectivity index (χ1v) is 9.16. The first kappa shape index (κ1) is 23.4. The zero-order chi connectivity index (χ0) is 23.6. The lowest BCUT2D eigenvalue weighted by Gasteiger charge is -2.21. The molecule has 1 saturated heterocycles. The van der Waals surface area contributed by atoms with E-state index in [1.54, 1.807) is 0 Å². The lowest BCUT2D eigenvalue weighted by atomic mass is 9.89. The first-order chi connectivity index (χ1) is 15.1. The van der Waals surface area contributed by atoms with Gasteiger partial charge in [-0.25, -0.2) is 14.2 Å². The maximum Gasteiger partial charge on any atom is 0.414 e. The van der Waals surface area contributed by atoms with E-state index in [9.17, 15) is 31.5 Å². The summed E-state index contributed by atoms with van der Waals surface area (Å²) in [7, 11) is 2.15. The van der Waals surface area contributed by atoms with E-state index in [2.05, 4.69) is 15.0 Å². The number of methoxy groups -OCH3 is 2. The number of amides is 1. The molecule has 0 bridgehead atoms. The van der Waals surface area contributed by atoms with Gasteiger partial charge in [-0.15, -0.1) is 0 Å². The normalized spacial score (nSPS) is 20.7. The Labute approximate surface area is 178 Å². The molecule has 32 heavy (non-hydrogen) atoms. The zero-order valence-corrected chi connectivity index (χ0v) is 16.7. The number of halogens is 5. The highest BCUT2D eigenvalue weighted by atomic mass is 19.4. The van der Waals surface area contributed by atoms with Crippen LogP contribution in [0, 0.1) is 11.6 Å². The Morgan fingerprint density at radius 1 is 1.19 bits per heavy atom. The molecule has 7 nitrogen and oxygen atoms in total. The van der Waals surface area contributed by atoms with E-state index in [4.69, 9.17) is 9.47 Å². The molecule has 2 heterocycles. The number of ether oxygens (including phenoxy) is 3. The van der Waals surface area contributed by atoms with Gasteiger partial charge in [0.1, 0.15) is 11.8 Å². The molecule has 3 rings (SSSR count). The molecule has 1 N–H and O–H groups in total. The number of nitrogens with zero attached hydrogens (tertiary/aromatic N) is 1. The Morgan fingerprint density at radius 2 is 1.91 bits per heavy atom. The number of carbonyl (C=O) groups is 2. The van der Waals surface area contributed by atoms with Crippen LogP contribution in [-0.2, 0) is 14.3 Å². The summed E-state index contributed by atoms with van der Waals surface area (Å²) in [5.74, 6) is -6.35. The van der Waals surface area contributed by atoms with E-state index in [1.165, 1.54) is 12.3 Å². The number of hydrogen-bond donors (Lipinski definition) is 1. The summed E-state index contributed by atoms with van der Waals surface area (Å²) < 4.78 is 82.1. The molecule has 1 fully saturated rings. The third-order valence-electron chi connectivity index (χ3n) is 4.87.